The number of Topliss-reactive ketones (excluding diaryl/α,β-unsaturated/α-hetero) is 1. The van der Waals surface area contributed by atoms with E-state index in [9.17, 15) is 9.59 Å². The summed E-state index contributed by atoms with van der Waals surface area (Å²) in [6, 6.07) is 3.71. The number of carbonyl (C=O) groups is 1. The minimum atomic E-state index is -0.414. The van der Waals surface area contributed by atoms with E-state index in [4.69, 9.17) is 5.73 Å². The Labute approximate surface area is 108 Å². The van der Waals surface area contributed by atoms with Gasteiger partial charge in [-0.25, -0.2) is 4.68 Å². The average molecular weight is 263 g/mol. The summed E-state index contributed by atoms with van der Waals surface area (Å²) >= 11 is 1.46. The minimum absolute atomic E-state index is 0.0252. The molecule has 0 aliphatic carbocycles. The highest BCUT2D eigenvalue weighted by molar-refractivity contribution is 7.13. The van der Waals surface area contributed by atoms with Gasteiger partial charge in [-0.05, 0) is 25.3 Å². The second-order valence-corrected chi connectivity index (χ2v) is 4.74. The highest BCUT2D eigenvalue weighted by atomic mass is 32.1. The molecule has 0 saturated carbocycles. The number of aryl methyl sites for hydroxylation is 1. The molecular weight excluding hydrogens is 250 g/mol. The number of hydrogen-bond donors (Lipinski definition) is 1. The molecule has 0 bridgehead atoms. The summed E-state index contributed by atoms with van der Waals surface area (Å²) in [5, 5.41) is 6.12. The van der Waals surface area contributed by atoms with Crippen LogP contribution in [-0.4, -0.2) is 15.6 Å². The topological polar surface area (TPSA) is 78.0 Å². The third-order valence-corrected chi connectivity index (χ3v) is 3.47. The number of nitrogen functional groups attached to an aromatic ring is 1. The Morgan fingerprint density at radius 1 is 1.56 bits per heavy atom. The lowest BCUT2D eigenvalue weighted by atomic mass is 10.1. The monoisotopic (exact) mass is 263 g/mol. The summed E-state index contributed by atoms with van der Waals surface area (Å²) in [6.45, 7) is 3.61. The number of carbonyl (C=O) groups excluding carboxylic acids is 1. The predicted octanol–water partition coefficient (Wildman–Crippen LogP) is 1.78. The fourth-order valence-corrected chi connectivity index (χ4v) is 2.46. The molecular formula is C12H13N3O2S. The molecule has 0 radical (unpaired) electrons. The van der Waals surface area contributed by atoms with Crippen molar-refractivity contribution in [2.75, 3.05) is 5.73 Å². The predicted molar refractivity (Wildman–Crippen MR) is 71.9 cm³/mol. The van der Waals surface area contributed by atoms with E-state index in [1.54, 1.807) is 6.92 Å². The summed E-state index contributed by atoms with van der Waals surface area (Å²) in [4.78, 5) is 24.4. The van der Waals surface area contributed by atoms with Gasteiger partial charge in [-0.2, -0.15) is 5.10 Å². The Balaban J connectivity index is 2.82. The molecule has 0 aliphatic rings. The number of hydrogen-bond acceptors (Lipinski definition) is 5. The van der Waals surface area contributed by atoms with Gasteiger partial charge in [0.1, 0.15) is 11.4 Å². The molecule has 6 heteroatoms. The molecule has 94 valence electrons. The number of anilines is 1. The molecule has 0 unspecified atom stereocenters. The van der Waals surface area contributed by atoms with Crippen molar-refractivity contribution in [3.8, 4) is 10.6 Å². The van der Waals surface area contributed by atoms with E-state index >= 15 is 0 Å². The molecule has 0 aromatic carbocycles. The molecule has 2 aromatic rings. The Morgan fingerprint density at radius 2 is 2.28 bits per heavy atom. The van der Waals surface area contributed by atoms with Crippen molar-refractivity contribution in [3.63, 3.8) is 0 Å². The SMILES string of the molecule is CCn1nc(-c2cccs2)c(C(C)=O)c(N)c1=O. The number of ketones is 1. The van der Waals surface area contributed by atoms with Gasteiger partial charge in [0.2, 0.25) is 0 Å². The van der Waals surface area contributed by atoms with Crippen LogP contribution in [0, 0.1) is 0 Å². The van der Waals surface area contributed by atoms with Crippen molar-refractivity contribution in [1.29, 1.82) is 0 Å². The molecule has 2 N–H and O–H groups in total. The van der Waals surface area contributed by atoms with Gasteiger partial charge in [0, 0.05) is 6.54 Å². The highest BCUT2D eigenvalue weighted by Gasteiger charge is 2.19. The van der Waals surface area contributed by atoms with Gasteiger partial charge in [0.15, 0.2) is 5.78 Å². The Kier molecular flexibility index (Phi) is 3.29. The molecule has 2 heterocycles. The first-order chi connectivity index (χ1) is 8.56. The molecule has 0 fully saturated rings. The lowest BCUT2D eigenvalue weighted by molar-refractivity contribution is 0.101. The van der Waals surface area contributed by atoms with Crippen molar-refractivity contribution in [1.82, 2.24) is 9.78 Å². The van der Waals surface area contributed by atoms with Crippen molar-refractivity contribution in [3.05, 3.63) is 33.4 Å². The number of thiophene rings is 1. The van der Waals surface area contributed by atoms with Crippen LogP contribution in [0.4, 0.5) is 5.69 Å². The molecule has 0 saturated heterocycles. The number of rotatable bonds is 3. The average Bonchev–Trinajstić information content (AvgIpc) is 2.85. The van der Waals surface area contributed by atoms with Crippen molar-refractivity contribution in [2.45, 2.75) is 20.4 Å². The van der Waals surface area contributed by atoms with Crippen LogP contribution in [0.15, 0.2) is 22.3 Å². The van der Waals surface area contributed by atoms with Crippen LogP contribution in [0.3, 0.4) is 0 Å². The van der Waals surface area contributed by atoms with E-state index in [2.05, 4.69) is 5.10 Å². The van der Waals surface area contributed by atoms with Gasteiger partial charge in [-0.3, -0.25) is 9.59 Å². The summed E-state index contributed by atoms with van der Waals surface area (Å²) < 4.78 is 1.27. The van der Waals surface area contributed by atoms with Gasteiger partial charge in [0.25, 0.3) is 5.56 Å². The maximum absolute atomic E-state index is 11.9. The molecule has 0 spiro atoms. The zero-order valence-electron chi connectivity index (χ0n) is 10.1. The third-order valence-electron chi connectivity index (χ3n) is 2.60. The summed E-state index contributed by atoms with van der Waals surface area (Å²) in [7, 11) is 0. The second kappa shape index (κ2) is 4.73. The van der Waals surface area contributed by atoms with Crippen LogP contribution < -0.4 is 11.3 Å². The normalized spacial score (nSPS) is 10.6. The second-order valence-electron chi connectivity index (χ2n) is 3.79. The number of nitrogens with zero attached hydrogens (tertiary/aromatic N) is 2. The Bertz CT molecular complexity index is 644. The zero-order valence-corrected chi connectivity index (χ0v) is 11.0. The van der Waals surface area contributed by atoms with E-state index in [1.165, 1.54) is 22.9 Å². The van der Waals surface area contributed by atoms with E-state index < -0.39 is 5.56 Å². The van der Waals surface area contributed by atoms with Gasteiger partial charge in [-0.15, -0.1) is 11.3 Å². The van der Waals surface area contributed by atoms with Crippen LogP contribution in [0.5, 0.6) is 0 Å². The summed E-state index contributed by atoms with van der Waals surface area (Å²) in [6.07, 6.45) is 0. The van der Waals surface area contributed by atoms with E-state index in [1.807, 2.05) is 17.5 Å². The smallest absolute Gasteiger partial charge is 0.290 e. The summed E-state index contributed by atoms with van der Waals surface area (Å²) in [5.74, 6) is -0.247. The largest absolute Gasteiger partial charge is 0.394 e. The third kappa shape index (κ3) is 1.95. The van der Waals surface area contributed by atoms with Gasteiger partial charge < -0.3 is 5.73 Å². The number of aromatic nitrogens is 2. The molecule has 5 nitrogen and oxygen atoms in total. The molecule has 0 amide bonds. The van der Waals surface area contributed by atoms with Gasteiger partial charge in [-0.1, -0.05) is 6.07 Å². The fourth-order valence-electron chi connectivity index (χ4n) is 1.75. The maximum Gasteiger partial charge on any atom is 0.290 e. The number of nitrogens with two attached hydrogens (primary N) is 1. The fraction of sp³-hybridized carbons (Fsp3) is 0.250. The van der Waals surface area contributed by atoms with Crippen molar-refractivity contribution in [2.24, 2.45) is 0 Å². The van der Waals surface area contributed by atoms with E-state index in [-0.39, 0.29) is 17.0 Å². The van der Waals surface area contributed by atoms with E-state index in [0.29, 0.717) is 12.2 Å². The molecule has 18 heavy (non-hydrogen) atoms. The van der Waals surface area contributed by atoms with Crippen LogP contribution in [-0.2, 0) is 6.54 Å². The lowest BCUT2D eigenvalue weighted by Crippen LogP contribution is -2.28. The first-order valence-corrected chi connectivity index (χ1v) is 6.39. The molecule has 2 rings (SSSR count). The molecule has 0 atom stereocenters. The lowest BCUT2D eigenvalue weighted by Gasteiger charge is -2.10. The van der Waals surface area contributed by atoms with Gasteiger partial charge >= 0.3 is 0 Å². The Morgan fingerprint density at radius 3 is 2.78 bits per heavy atom. The quantitative estimate of drug-likeness (QED) is 0.856. The van der Waals surface area contributed by atoms with E-state index in [0.717, 1.165) is 4.88 Å². The maximum atomic E-state index is 11.9. The standard InChI is InChI=1S/C12H13N3O2S/c1-3-15-12(17)10(13)9(7(2)16)11(14-15)8-5-4-6-18-8/h4-6H,3,13H2,1-2H3. The van der Waals surface area contributed by atoms with Crippen LogP contribution in [0.25, 0.3) is 10.6 Å². The molecule has 0 aliphatic heterocycles. The van der Waals surface area contributed by atoms with Crippen LogP contribution in [0.1, 0.15) is 24.2 Å². The summed E-state index contributed by atoms with van der Waals surface area (Å²) in [5.41, 5.74) is 6.04. The van der Waals surface area contributed by atoms with Crippen molar-refractivity contribution >= 4 is 22.8 Å². The molecule has 2 aromatic heterocycles. The van der Waals surface area contributed by atoms with Crippen LogP contribution in [0.2, 0.25) is 0 Å². The first kappa shape index (κ1) is 12.5. The minimum Gasteiger partial charge on any atom is -0.394 e. The zero-order chi connectivity index (χ0) is 13.3. The van der Waals surface area contributed by atoms with Crippen LogP contribution >= 0.6 is 11.3 Å². The first-order valence-electron chi connectivity index (χ1n) is 5.51. The Hall–Kier alpha value is -1.95. The van der Waals surface area contributed by atoms with Crippen molar-refractivity contribution < 1.29 is 4.79 Å². The van der Waals surface area contributed by atoms with Gasteiger partial charge in [0.05, 0.1) is 10.4 Å². The highest BCUT2D eigenvalue weighted by Crippen LogP contribution is 2.27.